The second kappa shape index (κ2) is 8.01. The van der Waals surface area contributed by atoms with Gasteiger partial charge < -0.3 is 15.2 Å². The van der Waals surface area contributed by atoms with E-state index in [1.54, 1.807) is 7.11 Å². The Bertz CT molecular complexity index is 170. The fraction of sp³-hybridized carbons (Fsp3) is 1.00. The van der Waals surface area contributed by atoms with Crippen molar-refractivity contribution in [3.8, 4) is 0 Å². The first kappa shape index (κ1) is 13.9. The normalized spacial score (nSPS) is 26.2. The van der Waals surface area contributed by atoms with Crippen molar-refractivity contribution in [2.45, 2.75) is 37.8 Å². The summed E-state index contributed by atoms with van der Waals surface area (Å²) in [5.74, 6) is 0. The van der Waals surface area contributed by atoms with E-state index in [2.05, 4.69) is 10.2 Å². The summed E-state index contributed by atoms with van der Waals surface area (Å²) in [7, 11) is 3.77. The van der Waals surface area contributed by atoms with Crippen LogP contribution in [0.2, 0.25) is 0 Å². The minimum atomic E-state index is 0.246. The Morgan fingerprint density at radius 3 is 2.44 bits per heavy atom. The van der Waals surface area contributed by atoms with Crippen LogP contribution in [0, 0.1) is 0 Å². The second-order valence-electron chi connectivity index (χ2n) is 4.55. The van der Waals surface area contributed by atoms with Gasteiger partial charge >= 0.3 is 0 Å². The molecule has 1 saturated carbocycles. The van der Waals surface area contributed by atoms with Gasteiger partial charge in [0.1, 0.15) is 0 Å². The van der Waals surface area contributed by atoms with Gasteiger partial charge in [0.15, 0.2) is 0 Å². The van der Waals surface area contributed by atoms with Gasteiger partial charge in [-0.3, -0.25) is 4.90 Å². The molecule has 0 aliphatic heterocycles. The third-order valence-electron chi connectivity index (χ3n) is 3.59. The molecule has 1 fully saturated rings. The lowest BCUT2D eigenvalue weighted by Gasteiger charge is -2.36. The standard InChI is InChI=1S/C12H26N2O2/c1-13-11-3-5-12(6-4-11)14(7-9-15)8-10-16-2/h11-13,15H,3-10H2,1-2H3. The van der Waals surface area contributed by atoms with Gasteiger partial charge in [0.05, 0.1) is 13.2 Å². The van der Waals surface area contributed by atoms with E-state index >= 15 is 0 Å². The van der Waals surface area contributed by atoms with Crippen LogP contribution in [-0.2, 0) is 4.74 Å². The van der Waals surface area contributed by atoms with E-state index in [1.807, 2.05) is 7.05 Å². The summed E-state index contributed by atoms with van der Waals surface area (Å²) in [5, 5.41) is 12.4. The zero-order valence-electron chi connectivity index (χ0n) is 10.6. The maximum Gasteiger partial charge on any atom is 0.0589 e. The van der Waals surface area contributed by atoms with E-state index in [-0.39, 0.29) is 6.61 Å². The molecule has 4 heteroatoms. The number of hydrogen-bond acceptors (Lipinski definition) is 4. The summed E-state index contributed by atoms with van der Waals surface area (Å²) in [4.78, 5) is 2.37. The van der Waals surface area contributed by atoms with Gasteiger partial charge in [-0.1, -0.05) is 0 Å². The van der Waals surface area contributed by atoms with Crippen molar-refractivity contribution in [1.29, 1.82) is 0 Å². The Balaban J connectivity index is 2.33. The lowest BCUT2D eigenvalue weighted by molar-refractivity contribution is 0.0813. The molecule has 0 radical (unpaired) electrons. The summed E-state index contributed by atoms with van der Waals surface area (Å²) in [6.45, 7) is 2.71. The number of ether oxygens (including phenoxy) is 1. The molecule has 1 rings (SSSR count). The minimum absolute atomic E-state index is 0.246. The summed E-state index contributed by atoms with van der Waals surface area (Å²) >= 11 is 0. The molecule has 0 aromatic carbocycles. The van der Waals surface area contributed by atoms with Gasteiger partial charge in [0.2, 0.25) is 0 Å². The van der Waals surface area contributed by atoms with Gasteiger partial charge in [0, 0.05) is 32.3 Å². The molecule has 0 heterocycles. The lowest BCUT2D eigenvalue weighted by atomic mass is 9.90. The van der Waals surface area contributed by atoms with Crippen molar-refractivity contribution >= 4 is 0 Å². The summed E-state index contributed by atoms with van der Waals surface area (Å²) in [6, 6.07) is 1.32. The average molecular weight is 230 g/mol. The Labute approximate surface area is 99.0 Å². The average Bonchev–Trinajstić information content (AvgIpc) is 2.35. The molecule has 4 nitrogen and oxygen atoms in total. The van der Waals surface area contributed by atoms with Crippen LogP contribution in [0.4, 0.5) is 0 Å². The first-order chi connectivity index (χ1) is 7.81. The molecule has 1 aliphatic rings. The summed E-state index contributed by atoms with van der Waals surface area (Å²) in [6.07, 6.45) is 4.95. The lowest BCUT2D eigenvalue weighted by Crippen LogP contribution is -2.44. The van der Waals surface area contributed by atoms with Crippen LogP contribution in [0.25, 0.3) is 0 Å². The third kappa shape index (κ3) is 4.37. The van der Waals surface area contributed by atoms with Crippen LogP contribution >= 0.6 is 0 Å². The fourth-order valence-corrected chi connectivity index (χ4v) is 2.54. The molecule has 0 atom stereocenters. The molecule has 0 aromatic heterocycles. The summed E-state index contributed by atoms with van der Waals surface area (Å²) in [5.41, 5.74) is 0. The van der Waals surface area contributed by atoms with Crippen molar-refractivity contribution in [3.63, 3.8) is 0 Å². The second-order valence-corrected chi connectivity index (χ2v) is 4.55. The molecule has 0 saturated heterocycles. The van der Waals surface area contributed by atoms with E-state index in [4.69, 9.17) is 9.84 Å². The van der Waals surface area contributed by atoms with E-state index < -0.39 is 0 Å². The molecule has 1 aliphatic carbocycles. The number of hydrogen-bond donors (Lipinski definition) is 2. The predicted molar refractivity (Wildman–Crippen MR) is 65.6 cm³/mol. The maximum atomic E-state index is 9.07. The number of nitrogens with zero attached hydrogens (tertiary/aromatic N) is 1. The molecule has 0 spiro atoms. The SMILES string of the molecule is CNC1CCC(N(CCO)CCOC)CC1. The first-order valence-corrected chi connectivity index (χ1v) is 6.33. The van der Waals surface area contributed by atoms with Crippen LogP contribution in [0.3, 0.4) is 0 Å². The molecule has 96 valence electrons. The van der Waals surface area contributed by atoms with Gasteiger partial charge in [0.25, 0.3) is 0 Å². The Kier molecular flexibility index (Phi) is 6.96. The van der Waals surface area contributed by atoms with Crippen molar-refractivity contribution in [1.82, 2.24) is 10.2 Å². The van der Waals surface area contributed by atoms with Crippen LogP contribution < -0.4 is 5.32 Å². The van der Waals surface area contributed by atoms with Crippen molar-refractivity contribution in [3.05, 3.63) is 0 Å². The number of aliphatic hydroxyl groups is 1. The van der Waals surface area contributed by atoms with E-state index in [0.717, 1.165) is 19.7 Å². The van der Waals surface area contributed by atoms with E-state index in [0.29, 0.717) is 12.1 Å². The van der Waals surface area contributed by atoms with Crippen molar-refractivity contribution < 1.29 is 9.84 Å². The molecule has 0 amide bonds. The highest BCUT2D eigenvalue weighted by molar-refractivity contribution is 4.82. The van der Waals surface area contributed by atoms with Crippen molar-refractivity contribution in [2.75, 3.05) is 40.5 Å². The predicted octanol–water partition coefficient (Wildman–Crippen LogP) is 0.458. The zero-order chi connectivity index (χ0) is 11.8. The monoisotopic (exact) mass is 230 g/mol. The fourth-order valence-electron chi connectivity index (χ4n) is 2.54. The molecular formula is C12H26N2O2. The first-order valence-electron chi connectivity index (χ1n) is 6.33. The van der Waals surface area contributed by atoms with Gasteiger partial charge in [-0.15, -0.1) is 0 Å². The van der Waals surface area contributed by atoms with Crippen molar-refractivity contribution in [2.24, 2.45) is 0 Å². The highest BCUT2D eigenvalue weighted by Gasteiger charge is 2.24. The number of aliphatic hydroxyl groups excluding tert-OH is 1. The topological polar surface area (TPSA) is 44.7 Å². The Hall–Kier alpha value is -0.160. The number of nitrogens with one attached hydrogen (secondary N) is 1. The quantitative estimate of drug-likeness (QED) is 0.667. The van der Waals surface area contributed by atoms with E-state index in [9.17, 15) is 0 Å². The molecule has 0 bridgehead atoms. The molecule has 2 N–H and O–H groups in total. The molecule has 0 unspecified atom stereocenters. The number of methoxy groups -OCH3 is 1. The smallest absolute Gasteiger partial charge is 0.0589 e. The summed E-state index contributed by atoms with van der Waals surface area (Å²) < 4.78 is 5.12. The number of rotatable bonds is 7. The maximum absolute atomic E-state index is 9.07. The minimum Gasteiger partial charge on any atom is -0.395 e. The van der Waals surface area contributed by atoms with Crippen LogP contribution in [-0.4, -0.2) is 62.6 Å². The molecule has 16 heavy (non-hydrogen) atoms. The zero-order valence-corrected chi connectivity index (χ0v) is 10.6. The van der Waals surface area contributed by atoms with Crippen LogP contribution in [0.1, 0.15) is 25.7 Å². The molecular weight excluding hydrogens is 204 g/mol. The van der Waals surface area contributed by atoms with Crippen LogP contribution in [0.15, 0.2) is 0 Å². The Morgan fingerprint density at radius 1 is 1.25 bits per heavy atom. The third-order valence-corrected chi connectivity index (χ3v) is 3.59. The molecule has 0 aromatic rings. The van der Waals surface area contributed by atoms with E-state index in [1.165, 1.54) is 25.7 Å². The van der Waals surface area contributed by atoms with Gasteiger partial charge in [-0.2, -0.15) is 0 Å². The highest BCUT2D eigenvalue weighted by Crippen LogP contribution is 2.22. The van der Waals surface area contributed by atoms with Gasteiger partial charge in [-0.25, -0.2) is 0 Å². The van der Waals surface area contributed by atoms with Gasteiger partial charge in [-0.05, 0) is 32.7 Å². The van der Waals surface area contributed by atoms with Crippen LogP contribution in [0.5, 0.6) is 0 Å². The highest BCUT2D eigenvalue weighted by atomic mass is 16.5. The Morgan fingerprint density at radius 2 is 1.94 bits per heavy atom. The largest absolute Gasteiger partial charge is 0.395 e.